The van der Waals surface area contributed by atoms with Gasteiger partial charge >= 0.3 is 0 Å². The topological polar surface area (TPSA) is 64.7 Å². The van der Waals surface area contributed by atoms with Gasteiger partial charge in [-0.25, -0.2) is 15.0 Å². The number of pyridine rings is 1. The van der Waals surface area contributed by atoms with E-state index >= 15 is 0 Å². The first-order valence-electron chi connectivity index (χ1n) is 5.34. The molecule has 0 fully saturated rings. The van der Waals surface area contributed by atoms with Crippen LogP contribution >= 0.6 is 0 Å². The van der Waals surface area contributed by atoms with Gasteiger partial charge in [-0.1, -0.05) is 13.3 Å². The van der Waals surface area contributed by atoms with Crippen LogP contribution in [-0.4, -0.2) is 15.0 Å². The molecule has 0 spiro atoms. The largest absolute Gasteiger partial charge is 0.383 e. The summed E-state index contributed by atoms with van der Waals surface area (Å²) in [6.07, 6.45) is 5.40. The van der Waals surface area contributed by atoms with Crippen LogP contribution < -0.4 is 5.73 Å². The first-order chi connectivity index (χ1) is 7.81. The Morgan fingerprint density at radius 1 is 1.19 bits per heavy atom. The number of hydrogen-bond acceptors (Lipinski definition) is 4. The van der Waals surface area contributed by atoms with Crippen molar-refractivity contribution >= 4 is 5.82 Å². The molecule has 4 nitrogen and oxygen atoms in total. The van der Waals surface area contributed by atoms with Gasteiger partial charge in [0.25, 0.3) is 0 Å². The van der Waals surface area contributed by atoms with Gasteiger partial charge in [-0.05, 0) is 24.6 Å². The highest BCUT2D eigenvalue weighted by atomic mass is 14.9. The molecule has 2 aromatic heterocycles. The predicted molar refractivity (Wildman–Crippen MR) is 63.7 cm³/mol. The van der Waals surface area contributed by atoms with Crippen molar-refractivity contribution in [1.29, 1.82) is 0 Å². The Bertz CT molecular complexity index is 468. The van der Waals surface area contributed by atoms with Gasteiger partial charge in [0, 0.05) is 18.1 Å². The number of hydrogen-bond donors (Lipinski definition) is 1. The van der Waals surface area contributed by atoms with Crippen LogP contribution in [0.3, 0.4) is 0 Å². The molecule has 0 aliphatic heterocycles. The predicted octanol–water partition coefficient (Wildman–Crippen LogP) is 2.07. The lowest BCUT2D eigenvalue weighted by atomic mass is 10.1. The number of anilines is 1. The zero-order valence-corrected chi connectivity index (χ0v) is 9.22. The van der Waals surface area contributed by atoms with Crippen LogP contribution in [0, 0.1) is 0 Å². The van der Waals surface area contributed by atoms with Gasteiger partial charge < -0.3 is 5.73 Å². The van der Waals surface area contributed by atoms with Crippen LogP contribution in [0.15, 0.2) is 30.6 Å². The monoisotopic (exact) mass is 214 g/mol. The van der Waals surface area contributed by atoms with Crippen molar-refractivity contribution in [3.63, 3.8) is 0 Å². The summed E-state index contributed by atoms with van der Waals surface area (Å²) < 4.78 is 0. The minimum absolute atomic E-state index is 0.497. The summed E-state index contributed by atoms with van der Waals surface area (Å²) in [5, 5.41) is 0. The van der Waals surface area contributed by atoms with E-state index in [9.17, 15) is 0 Å². The first-order valence-corrected chi connectivity index (χ1v) is 5.34. The number of rotatable bonds is 3. The third kappa shape index (κ3) is 2.16. The van der Waals surface area contributed by atoms with E-state index in [1.807, 2.05) is 12.1 Å². The SMILES string of the molecule is CCCc1ccc(-c2ncccn2)c(N)n1. The van der Waals surface area contributed by atoms with Crippen molar-refractivity contribution in [1.82, 2.24) is 15.0 Å². The highest BCUT2D eigenvalue weighted by Gasteiger charge is 2.06. The van der Waals surface area contributed by atoms with E-state index in [1.165, 1.54) is 0 Å². The van der Waals surface area contributed by atoms with E-state index in [4.69, 9.17) is 5.73 Å². The lowest BCUT2D eigenvalue weighted by molar-refractivity contribution is 0.885. The summed E-state index contributed by atoms with van der Waals surface area (Å²) in [7, 11) is 0. The second kappa shape index (κ2) is 4.70. The Morgan fingerprint density at radius 3 is 2.56 bits per heavy atom. The van der Waals surface area contributed by atoms with Gasteiger partial charge in [0.2, 0.25) is 0 Å². The minimum atomic E-state index is 0.497. The molecule has 0 aromatic carbocycles. The lowest BCUT2D eigenvalue weighted by Gasteiger charge is -2.05. The van der Waals surface area contributed by atoms with Crippen molar-refractivity contribution in [2.45, 2.75) is 19.8 Å². The standard InChI is InChI=1S/C12H14N4/c1-2-4-9-5-6-10(11(13)16-9)12-14-7-3-8-15-12/h3,5-8H,2,4H2,1H3,(H2,13,16). The van der Waals surface area contributed by atoms with Crippen LogP contribution in [-0.2, 0) is 6.42 Å². The highest BCUT2D eigenvalue weighted by molar-refractivity contribution is 5.67. The van der Waals surface area contributed by atoms with Crippen molar-refractivity contribution in [3.8, 4) is 11.4 Å². The molecule has 2 rings (SSSR count). The molecule has 0 radical (unpaired) electrons. The summed E-state index contributed by atoms with van der Waals surface area (Å²) >= 11 is 0. The molecular weight excluding hydrogens is 200 g/mol. The van der Waals surface area contributed by atoms with Gasteiger partial charge in [0.1, 0.15) is 5.82 Å². The average Bonchev–Trinajstić information content (AvgIpc) is 2.31. The van der Waals surface area contributed by atoms with Crippen molar-refractivity contribution in [2.24, 2.45) is 0 Å². The Hall–Kier alpha value is -1.97. The van der Waals surface area contributed by atoms with E-state index in [-0.39, 0.29) is 0 Å². The van der Waals surface area contributed by atoms with Crippen molar-refractivity contribution in [3.05, 3.63) is 36.3 Å². The van der Waals surface area contributed by atoms with E-state index in [2.05, 4.69) is 21.9 Å². The summed E-state index contributed by atoms with van der Waals surface area (Å²) in [4.78, 5) is 12.6. The maximum atomic E-state index is 5.89. The third-order valence-electron chi connectivity index (χ3n) is 2.30. The molecule has 0 atom stereocenters. The van der Waals surface area contributed by atoms with Gasteiger partial charge in [-0.15, -0.1) is 0 Å². The maximum Gasteiger partial charge on any atom is 0.162 e. The molecule has 0 unspecified atom stereocenters. The summed E-state index contributed by atoms with van der Waals surface area (Å²) in [5.41, 5.74) is 7.70. The maximum absolute atomic E-state index is 5.89. The number of nitrogens with two attached hydrogens (primary N) is 1. The fraction of sp³-hybridized carbons (Fsp3) is 0.250. The quantitative estimate of drug-likeness (QED) is 0.849. The number of nitrogen functional groups attached to an aromatic ring is 1. The summed E-state index contributed by atoms with van der Waals surface area (Å²) in [6.45, 7) is 2.12. The molecule has 0 saturated heterocycles. The molecule has 0 aliphatic rings. The van der Waals surface area contributed by atoms with Gasteiger partial charge in [0.05, 0.1) is 5.56 Å². The van der Waals surface area contributed by atoms with Crippen molar-refractivity contribution < 1.29 is 0 Å². The molecule has 0 saturated carbocycles. The summed E-state index contributed by atoms with van der Waals surface area (Å²) in [5.74, 6) is 1.12. The van der Waals surface area contributed by atoms with Gasteiger partial charge in [-0.3, -0.25) is 0 Å². The van der Waals surface area contributed by atoms with Gasteiger partial charge in [0.15, 0.2) is 5.82 Å². The second-order valence-electron chi connectivity index (χ2n) is 3.56. The minimum Gasteiger partial charge on any atom is -0.383 e. The van der Waals surface area contributed by atoms with Crippen LogP contribution in [0.2, 0.25) is 0 Å². The zero-order valence-electron chi connectivity index (χ0n) is 9.22. The second-order valence-corrected chi connectivity index (χ2v) is 3.56. The molecule has 16 heavy (non-hydrogen) atoms. The molecular formula is C12H14N4. The lowest BCUT2D eigenvalue weighted by Crippen LogP contribution is -2.00. The smallest absolute Gasteiger partial charge is 0.162 e. The van der Waals surface area contributed by atoms with Gasteiger partial charge in [-0.2, -0.15) is 0 Å². The highest BCUT2D eigenvalue weighted by Crippen LogP contribution is 2.20. The summed E-state index contributed by atoms with van der Waals surface area (Å²) in [6, 6.07) is 5.69. The zero-order chi connectivity index (χ0) is 11.4. The first kappa shape index (κ1) is 10.5. The fourth-order valence-corrected chi connectivity index (χ4v) is 1.54. The Morgan fingerprint density at radius 2 is 1.94 bits per heavy atom. The Balaban J connectivity index is 2.37. The Labute approximate surface area is 94.6 Å². The number of aryl methyl sites for hydroxylation is 1. The molecule has 0 aliphatic carbocycles. The fourth-order valence-electron chi connectivity index (χ4n) is 1.54. The van der Waals surface area contributed by atoms with Crippen LogP contribution in [0.4, 0.5) is 5.82 Å². The average molecular weight is 214 g/mol. The number of nitrogens with zero attached hydrogens (tertiary/aromatic N) is 3. The van der Waals surface area contributed by atoms with Crippen LogP contribution in [0.1, 0.15) is 19.0 Å². The van der Waals surface area contributed by atoms with E-state index in [0.29, 0.717) is 11.6 Å². The third-order valence-corrected chi connectivity index (χ3v) is 2.30. The van der Waals surface area contributed by atoms with Crippen LogP contribution in [0.5, 0.6) is 0 Å². The molecule has 2 aromatic rings. The molecule has 0 bridgehead atoms. The number of aromatic nitrogens is 3. The normalized spacial score (nSPS) is 10.3. The van der Waals surface area contributed by atoms with Crippen molar-refractivity contribution in [2.75, 3.05) is 5.73 Å². The molecule has 0 amide bonds. The van der Waals surface area contributed by atoms with E-state index in [0.717, 1.165) is 24.1 Å². The van der Waals surface area contributed by atoms with E-state index < -0.39 is 0 Å². The van der Waals surface area contributed by atoms with Crippen LogP contribution in [0.25, 0.3) is 11.4 Å². The van der Waals surface area contributed by atoms with E-state index in [1.54, 1.807) is 18.5 Å². The molecule has 2 heterocycles. The Kier molecular flexibility index (Phi) is 3.10. The molecule has 4 heteroatoms. The molecule has 82 valence electrons. The molecule has 2 N–H and O–H groups in total.